The molecule has 1 N–H and O–H groups in total. The van der Waals surface area contributed by atoms with E-state index in [1.165, 1.54) is 42.5 Å². The number of phenolic OH excluding ortho intramolecular Hbond substituents is 1. The van der Waals surface area contributed by atoms with Crippen LogP contribution in [0.15, 0.2) is 47.4 Å². The van der Waals surface area contributed by atoms with Gasteiger partial charge in [0.2, 0.25) is 0 Å². The molecule has 0 heterocycles. The minimum Gasteiger partial charge on any atom is -0.507 e. The highest BCUT2D eigenvalue weighted by atomic mass is 35.7. The number of phenols is 1. The summed E-state index contributed by atoms with van der Waals surface area (Å²) in [4.78, 5) is -0.0799. The first kappa shape index (κ1) is 12.9. The lowest BCUT2D eigenvalue weighted by atomic mass is 10.0. The van der Waals surface area contributed by atoms with Gasteiger partial charge in [-0.25, -0.2) is 12.8 Å². The zero-order valence-electron chi connectivity index (χ0n) is 8.97. The van der Waals surface area contributed by atoms with Gasteiger partial charge < -0.3 is 5.11 Å². The van der Waals surface area contributed by atoms with Crippen LogP contribution in [0.3, 0.4) is 0 Å². The van der Waals surface area contributed by atoms with Gasteiger partial charge >= 0.3 is 0 Å². The van der Waals surface area contributed by atoms with Gasteiger partial charge in [-0.2, -0.15) is 0 Å². The van der Waals surface area contributed by atoms with Crippen LogP contribution in [0.1, 0.15) is 0 Å². The smallest absolute Gasteiger partial charge is 0.261 e. The molecular weight excluding hydrogens is 279 g/mol. The van der Waals surface area contributed by atoms with Crippen molar-refractivity contribution in [3.8, 4) is 16.9 Å². The molecule has 18 heavy (non-hydrogen) atoms. The number of halogens is 2. The maximum absolute atomic E-state index is 13.6. The molecule has 2 aromatic rings. The van der Waals surface area contributed by atoms with Gasteiger partial charge in [-0.15, -0.1) is 0 Å². The third kappa shape index (κ3) is 2.47. The first-order valence-corrected chi connectivity index (χ1v) is 7.23. The van der Waals surface area contributed by atoms with E-state index in [0.717, 1.165) is 0 Å². The molecule has 0 bridgehead atoms. The largest absolute Gasteiger partial charge is 0.507 e. The quantitative estimate of drug-likeness (QED) is 0.863. The highest BCUT2D eigenvalue weighted by molar-refractivity contribution is 8.13. The van der Waals surface area contributed by atoms with Crippen molar-refractivity contribution in [3.63, 3.8) is 0 Å². The highest BCUT2D eigenvalue weighted by Gasteiger charge is 2.13. The molecule has 2 aromatic carbocycles. The van der Waals surface area contributed by atoms with Crippen molar-refractivity contribution in [2.45, 2.75) is 4.90 Å². The number of hydrogen-bond acceptors (Lipinski definition) is 3. The number of rotatable bonds is 2. The highest BCUT2D eigenvalue weighted by Crippen LogP contribution is 2.32. The number of aromatic hydroxyl groups is 1. The SMILES string of the molecule is O=S(=O)(Cl)c1ccc(-c2c(O)cccc2F)cc1. The van der Waals surface area contributed by atoms with Crippen molar-refractivity contribution >= 4 is 19.7 Å². The Morgan fingerprint density at radius 1 is 1.06 bits per heavy atom. The summed E-state index contributed by atoms with van der Waals surface area (Å²) in [5.74, 6) is -0.798. The molecule has 0 unspecified atom stereocenters. The van der Waals surface area contributed by atoms with Crippen LogP contribution in [0.25, 0.3) is 11.1 Å². The van der Waals surface area contributed by atoms with Gasteiger partial charge in [-0.05, 0) is 29.8 Å². The summed E-state index contributed by atoms with van der Waals surface area (Å²) in [6.07, 6.45) is 0. The summed E-state index contributed by atoms with van der Waals surface area (Å²) < 4.78 is 35.7. The fourth-order valence-electron chi connectivity index (χ4n) is 1.58. The molecule has 0 amide bonds. The van der Waals surface area contributed by atoms with Gasteiger partial charge in [0, 0.05) is 10.7 Å². The van der Waals surface area contributed by atoms with Gasteiger partial charge in [0.1, 0.15) is 11.6 Å². The molecule has 0 fully saturated rings. The summed E-state index contributed by atoms with van der Waals surface area (Å²) in [5, 5.41) is 9.59. The topological polar surface area (TPSA) is 54.4 Å². The Morgan fingerprint density at radius 3 is 2.17 bits per heavy atom. The maximum atomic E-state index is 13.6. The van der Waals surface area contributed by atoms with Gasteiger partial charge in [0.25, 0.3) is 9.05 Å². The van der Waals surface area contributed by atoms with Crippen LogP contribution >= 0.6 is 10.7 Å². The lowest BCUT2D eigenvalue weighted by molar-refractivity contribution is 0.472. The van der Waals surface area contributed by atoms with Gasteiger partial charge in [-0.1, -0.05) is 18.2 Å². The Balaban J connectivity index is 2.54. The summed E-state index contributed by atoms with van der Waals surface area (Å²) in [6, 6.07) is 9.21. The molecule has 0 radical (unpaired) electrons. The average molecular weight is 287 g/mol. The molecule has 2 rings (SSSR count). The van der Waals surface area contributed by atoms with E-state index in [4.69, 9.17) is 10.7 Å². The van der Waals surface area contributed by atoms with Crippen LogP contribution in [0.4, 0.5) is 4.39 Å². The summed E-state index contributed by atoms with van der Waals surface area (Å²) in [6.45, 7) is 0. The molecule has 0 aromatic heterocycles. The lowest BCUT2D eigenvalue weighted by Gasteiger charge is -2.06. The summed E-state index contributed by atoms with van der Waals surface area (Å²) in [5.41, 5.74) is 0.394. The normalized spacial score (nSPS) is 11.4. The van der Waals surface area contributed by atoms with Crippen LogP contribution in [0.2, 0.25) is 0 Å². The predicted octanol–water partition coefficient (Wildman–Crippen LogP) is 3.13. The third-order valence-corrected chi connectivity index (χ3v) is 3.79. The second kappa shape index (κ2) is 4.59. The molecule has 0 saturated heterocycles. The number of hydrogen-bond donors (Lipinski definition) is 1. The molecule has 0 aliphatic carbocycles. The molecule has 0 aliphatic heterocycles. The van der Waals surface area contributed by atoms with E-state index in [1.807, 2.05) is 0 Å². The molecule has 0 spiro atoms. The molecule has 0 aliphatic rings. The van der Waals surface area contributed by atoms with E-state index in [9.17, 15) is 17.9 Å². The van der Waals surface area contributed by atoms with Crippen LogP contribution in [0, 0.1) is 5.82 Å². The van der Waals surface area contributed by atoms with Gasteiger partial charge in [0.05, 0.1) is 10.5 Å². The second-order valence-electron chi connectivity index (χ2n) is 3.60. The van der Waals surface area contributed by atoms with Crippen molar-refractivity contribution in [3.05, 3.63) is 48.3 Å². The molecule has 3 nitrogen and oxygen atoms in total. The Kier molecular flexibility index (Phi) is 3.28. The second-order valence-corrected chi connectivity index (χ2v) is 6.16. The standard InChI is InChI=1S/C12H8ClFO3S/c13-18(16,17)9-6-4-8(5-7-9)12-10(14)2-1-3-11(12)15/h1-7,15H. The Morgan fingerprint density at radius 2 is 1.67 bits per heavy atom. The van der Waals surface area contributed by atoms with E-state index in [-0.39, 0.29) is 16.2 Å². The Labute approximate surface area is 108 Å². The zero-order chi connectivity index (χ0) is 13.3. The van der Waals surface area contributed by atoms with Gasteiger partial charge in [-0.3, -0.25) is 0 Å². The van der Waals surface area contributed by atoms with E-state index < -0.39 is 14.9 Å². The van der Waals surface area contributed by atoms with Crippen LogP contribution < -0.4 is 0 Å². The van der Waals surface area contributed by atoms with E-state index in [1.54, 1.807) is 0 Å². The first-order chi connectivity index (χ1) is 8.39. The fraction of sp³-hybridized carbons (Fsp3) is 0. The van der Waals surface area contributed by atoms with Crippen LogP contribution in [0.5, 0.6) is 5.75 Å². The van der Waals surface area contributed by atoms with Crippen molar-refractivity contribution in [1.82, 2.24) is 0 Å². The van der Waals surface area contributed by atoms with E-state index in [0.29, 0.717) is 5.56 Å². The molecule has 0 saturated carbocycles. The monoisotopic (exact) mass is 286 g/mol. The Bertz CT molecular complexity index is 661. The van der Waals surface area contributed by atoms with Crippen LogP contribution in [-0.4, -0.2) is 13.5 Å². The molecule has 94 valence electrons. The predicted molar refractivity (Wildman–Crippen MR) is 66.5 cm³/mol. The van der Waals surface area contributed by atoms with Crippen molar-refractivity contribution < 1.29 is 17.9 Å². The molecule has 6 heteroatoms. The van der Waals surface area contributed by atoms with E-state index in [2.05, 4.69) is 0 Å². The fourth-order valence-corrected chi connectivity index (χ4v) is 2.35. The first-order valence-electron chi connectivity index (χ1n) is 4.92. The maximum Gasteiger partial charge on any atom is 0.261 e. The third-order valence-electron chi connectivity index (χ3n) is 2.42. The minimum atomic E-state index is -3.81. The molecular formula is C12H8ClFO3S. The van der Waals surface area contributed by atoms with Gasteiger partial charge in [0.15, 0.2) is 0 Å². The van der Waals surface area contributed by atoms with Crippen molar-refractivity contribution in [1.29, 1.82) is 0 Å². The van der Waals surface area contributed by atoms with Crippen LogP contribution in [-0.2, 0) is 9.05 Å². The number of benzene rings is 2. The van der Waals surface area contributed by atoms with E-state index >= 15 is 0 Å². The summed E-state index contributed by atoms with van der Waals surface area (Å²) in [7, 11) is 1.36. The molecule has 0 atom stereocenters. The Hall–Kier alpha value is -1.59. The summed E-state index contributed by atoms with van der Waals surface area (Å²) >= 11 is 0. The average Bonchev–Trinajstić information content (AvgIpc) is 2.28. The lowest BCUT2D eigenvalue weighted by Crippen LogP contribution is -1.91. The van der Waals surface area contributed by atoms with Crippen molar-refractivity contribution in [2.75, 3.05) is 0 Å². The van der Waals surface area contributed by atoms with Crippen molar-refractivity contribution in [2.24, 2.45) is 0 Å². The zero-order valence-corrected chi connectivity index (χ0v) is 10.5. The minimum absolute atomic E-state index is 0.0241.